The first kappa shape index (κ1) is 23.0. The molecule has 1 unspecified atom stereocenters. The van der Waals surface area contributed by atoms with Crippen LogP contribution >= 0.6 is 7.75 Å². The summed E-state index contributed by atoms with van der Waals surface area (Å²) in [5.74, 6) is -0.142. The normalized spacial score (nSPS) is 20.5. The van der Waals surface area contributed by atoms with Gasteiger partial charge in [-0.25, -0.2) is 9.55 Å². The summed E-state index contributed by atoms with van der Waals surface area (Å²) in [5, 5.41) is 2.63. The van der Waals surface area contributed by atoms with Crippen molar-refractivity contribution in [3.05, 3.63) is 47.0 Å². The number of hydrogen-bond acceptors (Lipinski definition) is 9. The van der Waals surface area contributed by atoms with Crippen LogP contribution in [0.2, 0.25) is 0 Å². The highest BCUT2D eigenvalue weighted by Crippen LogP contribution is 2.48. The van der Waals surface area contributed by atoms with Gasteiger partial charge in [-0.3, -0.25) is 19.1 Å². The van der Waals surface area contributed by atoms with Gasteiger partial charge in [0.2, 0.25) is 5.95 Å². The highest BCUT2D eigenvalue weighted by molar-refractivity contribution is 7.52. The van der Waals surface area contributed by atoms with Crippen molar-refractivity contribution in [3.8, 4) is 5.75 Å². The number of nitrogen functional groups attached to an aromatic ring is 1. The van der Waals surface area contributed by atoms with Crippen molar-refractivity contribution in [2.24, 2.45) is 5.92 Å². The van der Waals surface area contributed by atoms with Crippen molar-refractivity contribution >= 4 is 30.8 Å². The molecular weight excluding hydrogens is 451 g/mol. The van der Waals surface area contributed by atoms with E-state index in [1.165, 1.54) is 14.0 Å². The van der Waals surface area contributed by atoms with Crippen LogP contribution in [0.5, 0.6) is 5.75 Å². The number of aromatic amines is 1. The molecule has 0 bridgehead atoms. The molecule has 4 N–H and O–H groups in total. The van der Waals surface area contributed by atoms with E-state index in [0.29, 0.717) is 24.2 Å². The van der Waals surface area contributed by atoms with Gasteiger partial charge in [0.05, 0.1) is 20.0 Å². The molecule has 2 heterocycles. The van der Waals surface area contributed by atoms with Gasteiger partial charge in [-0.2, -0.15) is 10.1 Å². The molecule has 0 saturated heterocycles. The van der Waals surface area contributed by atoms with E-state index in [-0.39, 0.29) is 35.6 Å². The molecule has 1 aliphatic rings. The number of nitrogens with two attached hydrogens (primary N) is 1. The van der Waals surface area contributed by atoms with E-state index in [0.717, 1.165) is 0 Å². The van der Waals surface area contributed by atoms with E-state index in [9.17, 15) is 14.2 Å². The van der Waals surface area contributed by atoms with Crippen molar-refractivity contribution in [1.29, 1.82) is 0 Å². The number of para-hydroxylation sites is 1. The number of methoxy groups -OCH3 is 1. The van der Waals surface area contributed by atoms with Crippen LogP contribution in [0, 0.1) is 5.92 Å². The number of rotatable bonds is 9. The Hall–Kier alpha value is -3.21. The Morgan fingerprint density at radius 3 is 2.79 bits per heavy atom. The summed E-state index contributed by atoms with van der Waals surface area (Å²) in [5.41, 5.74) is 5.92. The van der Waals surface area contributed by atoms with E-state index >= 15 is 0 Å². The third-order valence-corrected chi connectivity index (χ3v) is 7.05. The SMILES string of the molecule is COC(=O)[C@H](C)NP(=O)(OCC1CC(n2cnc3c(=O)[nH]c(N)nc32)C1)Oc1ccccc1. The number of carbonyl (C=O) groups excluding carboxylic acids is 1. The fourth-order valence-electron chi connectivity index (χ4n) is 3.65. The molecule has 0 amide bonds. The van der Waals surface area contributed by atoms with Gasteiger partial charge in [0.15, 0.2) is 11.2 Å². The zero-order chi connectivity index (χ0) is 23.6. The first-order valence-electron chi connectivity index (χ1n) is 10.3. The minimum Gasteiger partial charge on any atom is -0.468 e. The van der Waals surface area contributed by atoms with Gasteiger partial charge >= 0.3 is 13.7 Å². The Kier molecular flexibility index (Phi) is 6.50. The molecular formula is C20H25N6O6P. The number of hydrogen-bond donors (Lipinski definition) is 3. The van der Waals surface area contributed by atoms with Crippen LogP contribution in [0.4, 0.5) is 5.95 Å². The fourth-order valence-corrected chi connectivity index (χ4v) is 5.22. The molecule has 0 aliphatic heterocycles. The number of carbonyl (C=O) groups is 1. The van der Waals surface area contributed by atoms with Crippen LogP contribution in [0.3, 0.4) is 0 Å². The summed E-state index contributed by atoms with van der Waals surface area (Å²) in [6.45, 7) is 1.66. The number of ether oxygens (including phenoxy) is 1. The fraction of sp³-hybridized carbons (Fsp3) is 0.400. The molecule has 4 rings (SSSR count). The third kappa shape index (κ3) is 5.08. The molecule has 0 spiro atoms. The van der Waals surface area contributed by atoms with Crippen LogP contribution in [0.1, 0.15) is 25.8 Å². The van der Waals surface area contributed by atoms with E-state index in [2.05, 4.69) is 20.0 Å². The lowest BCUT2D eigenvalue weighted by Crippen LogP contribution is -2.36. The molecule has 2 aromatic heterocycles. The van der Waals surface area contributed by atoms with Crippen molar-refractivity contribution in [2.45, 2.75) is 31.8 Å². The zero-order valence-electron chi connectivity index (χ0n) is 18.1. The second kappa shape index (κ2) is 9.34. The van der Waals surface area contributed by atoms with Crippen molar-refractivity contribution in [2.75, 3.05) is 19.5 Å². The first-order valence-corrected chi connectivity index (χ1v) is 11.9. The number of benzene rings is 1. The number of nitrogens with zero attached hydrogens (tertiary/aromatic N) is 3. The summed E-state index contributed by atoms with van der Waals surface area (Å²) >= 11 is 0. The second-order valence-electron chi connectivity index (χ2n) is 7.84. The van der Waals surface area contributed by atoms with Gasteiger partial charge in [-0.05, 0) is 37.8 Å². The molecule has 3 aromatic rings. The largest absolute Gasteiger partial charge is 0.468 e. The molecule has 176 valence electrons. The maximum atomic E-state index is 13.4. The van der Waals surface area contributed by atoms with Crippen molar-refractivity contribution in [3.63, 3.8) is 0 Å². The number of esters is 1. The predicted molar refractivity (Wildman–Crippen MR) is 120 cm³/mol. The summed E-state index contributed by atoms with van der Waals surface area (Å²) in [6, 6.07) is 7.71. The number of aromatic nitrogens is 4. The summed E-state index contributed by atoms with van der Waals surface area (Å²) in [4.78, 5) is 34.5. The average Bonchev–Trinajstić information content (AvgIpc) is 3.16. The number of anilines is 1. The lowest BCUT2D eigenvalue weighted by molar-refractivity contribution is -0.142. The van der Waals surface area contributed by atoms with Crippen LogP contribution in [-0.4, -0.2) is 45.2 Å². The highest BCUT2D eigenvalue weighted by atomic mass is 31.2. The van der Waals surface area contributed by atoms with Gasteiger partial charge in [0.25, 0.3) is 5.56 Å². The van der Waals surface area contributed by atoms with Crippen molar-refractivity contribution < 1.29 is 23.1 Å². The number of imidazole rings is 1. The maximum Gasteiger partial charge on any atom is 0.459 e. The van der Waals surface area contributed by atoms with Crippen molar-refractivity contribution in [1.82, 2.24) is 24.6 Å². The van der Waals surface area contributed by atoms with E-state index in [1.807, 2.05) is 4.57 Å². The van der Waals surface area contributed by atoms with Crippen LogP contribution < -0.4 is 20.9 Å². The quantitative estimate of drug-likeness (QED) is 0.307. The molecule has 1 fully saturated rings. The highest BCUT2D eigenvalue weighted by Gasteiger charge is 2.37. The van der Waals surface area contributed by atoms with E-state index in [4.69, 9.17) is 19.5 Å². The maximum absolute atomic E-state index is 13.4. The minimum absolute atomic E-state index is 0.0262. The molecule has 12 nitrogen and oxygen atoms in total. The molecule has 1 saturated carbocycles. The molecule has 1 aromatic carbocycles. The van der Waals surface area contributed by atoms with E-state index in [1.54, 1.807) is 36.7 Å². The molecule has 2 atom stereocenters. The third-order valence-electron chi connectivity index (χ3n) is 5.41. The van der Waals surface area contributed by atoms with Crippen LogP contribution in [0.25, 0.3) is 11.2 Å². The number of H-pyrrole nitrogens is 1. The number of fused-ring (bicyclic) bond motifs is 1. The Bertz CT molecular complexity index is 1240. The Balaban J connectivity index is 1.41. The Morgan fingerprint density at radius 1 is 1.36 bits per heavy atom. The average molecular weight is 476 g/mol. The second-order valence-corrected chi connectivity index (χ2v) is 9.53. The summed E-state index contributed by atoms with van der Waals surface area (Å²) in [7, 11) is -2.63. The van der Waals surface area contributed by atoms with Crippen LogP contribution in [0.15, 0.2) is 41.5 Å². The Morgan fingerprint density at radius 2 is 2.09 bits per heavy atom. The molecule has 1 aliphatic carbocycles. The standard InChI is InChI=1S/C20H25N6O6P/c1-12(19(28)30-2)25-33(29,32-15-6-4-3-5-7-15)31-10-13-8-14(9-13)26-11-22-16-17(26)23-20(21)24-18(16)27/h3-7,11-14H,8-10H2,1-2H3,(H,25,29)(H3,21,23,24,27)/t12-,13?,14?,33?/m0/s1. The van der Waals surface area contributed by atoms with Gasteiger partial charge in [-0.15, -0.1) is 0 Å². The van der Waals surface area contributed by atoms with Gasteiger partial charge < -0.3 is 19.6 Å². The van der Waals surface area contributed by atoms with Gasteiger partial charge in [0.1, 0.15) is 11.8 Å². The summed E-state index contributed by atoms with van der Waals surface area (Å²) < 4.78 is 31.2. The van der Waals surface area contributed by atoms with Gasteiger partial charge in [0, 0.05) is 6.04 Å². The molecule has 13 heteroatoms. The number of nitrogens with one attached hydrogen (secondary N) is 2. The molecule has 33 heavy (non-hydrogen) atoms. The van der Waals surface area contributed by atoms with E-state index < -0.39 is 19.8 Å². The smallest absolute Gasteiger partial charge is 0.459 e. The Labute approximate surface area is 189 Å². The topological polar surface area (TPSA) is 163 Å². The predicted octanol–water partition coefficient (Wildman–Crippen LogP) is 2.01. The van der Waals surface area contributed by atoms with Gasteiger partial charge in [-0.1, -0.05) is 18.2 Å². The first-order chi connectivity index (χ1) is 15.8. The zero-order valence-corrected chi connectivity index (χ0v) is 19.0. The summed E-state index contributed by atoms with van der Waals surface area (Å²) in [6.07, 6.45) is 2.95. The lowest BCUT2D eigenvalue weighted by atomic mass is 9.81. The van der Waals surface area contributed by atoms with Crippen LogP contribution in [-0.2, 0) is 18.6 Å². The lowest BCUT2D eigenvalue weighted by Gasteiger charge is -2.36. The minimum atomic E-state index is -3.87. The monoisotopic (exact) mass is 476 g/mol. The molecule has 0 radical (unpaired) electrons.